The van der Waals surface area contributed by atoms with E-state index >= 15 is 0 Å². The van der Waals surface area contributed by atoms with Crippen molar-refractivity contribution >= 4 is 32.5 Å². The second-order valence-corrected chi connectivity index (χ2v) is 6.40. The highest BCUT2D eigenvalue weighted by Gasteiger charge is 2.10. The van der Waals surface area contributed by atoms with Crippen LogP contribution in [0.15, 0.2) is 36.4 Å². The molecule has 0 saturated carbocycles. The van der Waals surface area contributed by atoms with Gasteiger partial charge in [0.25, 0.3) is 0 Å². The Kier molecular flexibility index (Phi) is 6.44. The number of aryl methyl sites for hydroxylation is 1. The SMILES string of the molecule is Cc1ccc(C(=O)CCCCCCCBr)c2ccccc12. The number of carbonyl (C=O) groups is 1. The van der Waals surface area contributed by atoms with Gasteiger partial charge in [0.1, 0.15) is 0 Å². The molecule has 0 unspecified atom stereocenters. The first-order valence-electron chi connectivity index (χ1n) is 7.81. The maximum Gasteiger partial charge on any atom is 0.163 e. The molecule has 112 valence electrons. The highest BCUT2D eigenvalue weighted by Crippen LogP contribution is 2.24. The molecule has 0 heterocycles. The number of benzene rings is 2. The fourth-order valence-corrected chi connectivity index (χ4v) is 3.13. The Hall–Kier alpha value is -1.15. The van der Waals surface area contributed by atoms with Crippen molar-refractivity contribution in [3.05, 3.63) is 47.5 Å². The van der Waals surface area contributed by atoms with Crippen molar-refractivity contribution in [2.45, 2.75) is 45.4 Å². The van der Waals surface area contributed by atoms with Crippen molar-refractivity contribution in [1.29, 1.82) is 0 Å². The van der Waals surface area contributed by atoms with Crippen LogP contribution in [0.25, 0.3) is 10.8 Å². The highest BCUT2D eigenvalue weighted by molar-refractivity contribution is 9.09. The van der Waals surface area contributed by atoms with Crippen molar-refractivity contribution in [3.8, 4) is 0 Å². The van der Waals surface area contributed by atoms with Gasteiger partial charge in [-0.15, -0.1) is 0 Å². The number of halogens is 1. The van der Waals surface area contributed by atoms with Gasteiger partial charge >= 0.3 is 0 Å². The summed E-state index contributed by atoms with van der Waals surface area (Å²) in [5.41, 5.74) is 2.12. The topological polar surface area (TPSA) is 17.1 Å². The van der Waals surface area contributed by atoms with E-state index in [2.05, 4.69) is 41.1 Å². The zero-order valence-corrected chi connectivity index (χ0v) is 14.3. The largest absolute Gasteiger partial charge is 0.294 e. The third-order valence-corrected chi connectivity index (χ3v) is 4.54. The second kappa shape index (κ2) is 8.33. The Morgan fingerprint density at radius 1 is 0.905 bits per heavy atom. The molecule has 2 aromatic rings. The van der Waals surface area contributed by atoms with Crippen molar-refractivity contribution in [1.82, 2.24) is 0 Å². The molecule has 2 rings (SSSR count). The number of rotatable bonds is 8. The molecular formula is C19H23BrO. The molecule has 21 heavy (non-hydrogen) atoms. The smallest absolute Gasteiger partial charge is 0.163 e. The summed E-state index contributed by atoms with van der Waals surface area (Å²) in [5.74, 6) is 0.284. The minimum atomic E-state index is 0.284. The quantitative estimate of drug-likeness (QED) is 0.322. The van der Waals surface area contributed by atoms with Crippen LogP contribution in [0, 0.1) is 6.92 Å². The molecule has 2 aromatic carbocycles. The maximum atomic E-state index is 12.5. The number of carbonyl (C=O) groups excluding carboxylic acids is 1. The first-order chi connectivity index (χ1) is 10.2. The van der Waals surface area contributed by atoms with Gasteiger partial charge < -0.3 is 0 Å². The summed E-state index contributed by atoms with van der Waals surface area (Å²) in [4.78, 5) is 12.5. The second-order valence-electron chi connectivity index (χ2n) is 5.61. The van der Waals surface area contributed by atoms with E-state index in [-0.39, 0.29) is 5.78 Å². The molecule has 0 radical (unpaired) electrons. The van der Waals surface area contributed by atoms with Crippen LogP contribution in [0.2, 0.25) is 0 Å². The van der Waals surface area contributed by atoms with Gasteiger partial charge in [-0.1, -0.05) is 71.6 Å². The molecule has 0 aliphatic carbocycles. The molecule has 0 amide bonds. The first-order valence-corrected chi connectivity index (χ1v) is 8.93. The average molecular weight is 347 g/mol. The standard InChI is InChI=1S/C19H23BrO/c1-15-12-13-18(17-10-7-6-9-16(15)17)19(21)11-5-3-2-4-8-14-20/h6-7,9-10,12-13H,2-5,8,11,14H2,1H3. The highest BCUT2D eigenvalue weighted by atomic mass is 79.9. The zero-order valence-electron chi connectivity index (χ0n) is 12.7. The van der Waals surface area contributed by atoms with Gasteiger partial charge in [0, 0.05) is 17.3 Å². The predicted molar refractivity (Wildman–Crippen MR) is 94.5 cm³/mol. The molecule has 1 nitrogen and oxygen atoms in total. The van der Waals surface area contributed by atoms with Gasteiger partial charge in [-0.25, -0.2) is 0 Å². The summed E-state index contributed by atoms with van der Waals surface area (Å²) in [6.07, 6.45) is 6.55. The zero-order chi connectivity index (χ0) is 15.1. The van der Waals surface area contributed by atoms with Crippen LogP contribution in [0.1, 0.15) is 54.4 Å². The Morgan fingerprint density at radius 3 is 2.33 bits per heavy atom. The minimum Gasteiger partial charge on any atom is -0.294 e. The van der Waals surface area contributed by atoms with Crippen LogP contribution >= 0.6 is 15.9 Å². The fourth-order valence-electron chi connectivity index (χ4n) is 2.74. The number of fused-ring (bicyclic) bond motifs is 1. The lowest BCUT2D eigenvalue weighted by molar-refractivity contribution is 0.0980. The first kappa shape index (κ1) is 16.2. The lowest BCUT2D eigenvalue weighted by Gasteiger charge is -2.08. The van der Waals surface area contributed by atoms with Crippen LogP contribution in [0.3, 0.4) is 0 Å². The van der Waals surface area contributed by atoms with E-state index in [1.165, 1.54) is 30.2 Å². The third kappa shape index (κ3) is 4.41. The molecule has 0 bridgehead atoms. The molecule has 0 aliphatic heterocycles. The van der Waals surface area contributed by atoms with E-state index < -0.39 is 0 Å². The predicted octanol–water partition coefficient (Wildman–Crippen LogP) is 6.07. The van der Waals surface area contributed by atoms with Crippen molar-refractivity contribution in [2.75, 3.05) is 5.33 Å². The van der Waals surface area contributed by atoms with Crippen LogP contribution in [-0.4, -0.2) is 11.1 Å². The van der Waals surface area contributed by atoms with Gasteiger partial charge in [0.05, 0.1) is 0 Å². The molecule has 0 spiro atoms. The monoisotopic (exact) mass is 346 g/mol. The molecule has 0 saturated heterocycles. The molecule has 0 N–H and O–H groups in total. The number of ketones is 1. The van der Waals surface area contributed by atoms with Crippen molar-refractivity contribution in [3.63, 3.8) is 0 Å². The molecule has 0 aliphatic rings. The number of hydrogen-bond acceptors (Lipinski definition) is 1. The molecule has 0 aromatic heterocycles. The van der Waals surface area contributed by atoms with Gasteiger partial charge in [-0.2, -0.15) is 0 Å². The summed E-state index contributed by atoms with van der Waals surface area (Å²) in [6.45, 7) is 2.10. The summed E-state index contributed by atoms with van der Waals surface area (Å²) in [7, 11) is 0. The number of unbranched alkanes of at least 4 members (excludes halogenated alkanes) is 4. The van der Waals surface area contributed by atoms with Crippen LogP contribution < -0.4 is 0 Å². The summed E-state index contributed by atoms with van der Waals surface area (Å²) in [5, 5.41) is 3.38. The van der Waals surface area contributed by atoms with Gasteiger partial charge in [0.15, 0.2) is 5.78 Å². The number of alkyl halides is 1. The van der Waals surface area contributed by atoms with Crippen molar-refractivity contribution in [2.24, 2.45) is 0 Å². The van der Waals surface area contributed by atoms with E-state index in [1.807, 2.05) is 18.2 Å². The lowest BCUT2D eigenvalue weighted by Crippen LogP contribution is -2.00. The Labute approximate surface area is 135 Å². The van der Waals surface area contributed by atoms with Crippen LogP contribution in [0.4, 0.5) is 0 Å². The Balaban J connectivity index is 1.98. The Morgan fingerprint density at radius 2 is 1.57 bits per heavy atom. The van der Waals surface area contributed by atoms with E-state index in [9.17, 15) is 4.79 Å². The minimum absolute atomic E-state index is 0.284. The van der Waals surface area contributed by atoms with Gasteiger partial charge in [-0.05, 0) is 36.1 Å². The van der Waals surface area contributed by atoms with E-state index in [4.69, 9.17) is 0 Å². The van der Waals surface area contributed by atoms with E-state index in [0.29, 0.717) is 6.42 Å². The summed E-state index contributed by atoms with van der Waals surface area (Å²) < 4.78 is 0. The molecule has 0 atom stereocenters. The van der Waals surface area contributed by atoms with Crippen LogP contribution in [-0.2, 0) is 0 Å². The van der Waals surface area contributed by atoms with E-state index in [1.54, 1.807) is 0 Å². The Bertz CT molecular complexity index is 604. The number of hydrogen-bond donors (Lipinski definition) is 0. The number of Topliss-reactive ketones (excluding diaryl/α,β-unsaturated/α-hetero) is 1. The molecule has 0 fully saturated rings. The van der Waals surface area contributed by atoms with Crippen molar-refractivity contribution < 1.29 is 4.79 Å². The normalized spacial score (nSPS) is 11.0. The average Bonchev–Trinajstić information content (AvgIpc) is 2.51. The van der Waals surface area contributed by atoms with Gasteiger partial charge in [-0.3, -0.25) is 4.79 Å². The summed E-state index contributed by atoms with van der Waals surface area (Å²) >= 11 is 3.45. The summed E-state index contributed by atoms with van der Waals surface area (Å²) in [6, 6.07) is 12.3. The maximum absolute atomic E-state index is 12.5. The molecular weight excluding hydrogens is 324 g/mol. The molecule has 2 heteroatoms. The third-order valence-electron chi connectivity index (χ3n) is 3.98. The van der Waals surface area contributed by atoms with Gasteiger partial charge in [0.2, 0.25) is 0 Å². The van der Waals surface area contributed by atoms with E-state index in [0.717, 1.165) is 29.1 Å². The fraction of sp³-hybridized carbons (Fsp3) is 0.421. The van der Waals surface area contributed by atoms with Crippen LogP contribution in [0.5, 0.6) is 0 Å². The lowest BCUT2D eigenvalue weighted by atomic mass is 9.95.